The first-order chi connectivity index (χ1) is 9.22. The van der Waals surface area contributed by atoms with Gasteiger partial charge in [-0.05, 0) is 43.4 Å². The molecule has 0 radical (unpaired) electrons. The van der Waals surface area contributed by atoms with Crippen LogP contribution in [0.5, 0.6) is 0 Å². The lowest BCUT2D eigenvalue weighted by molar-refractivity contribution is -0.0739. The van der Waals surface area contributed by atoms with E-state index >= 15 is 0 Å². The fourth-order valence-electron chi connectivity index (χ4n) is 2.99. The maximum absolute atomic E-state index is 12.9. The van der Waals surface area contributed by atoms with Crippen LogP contribution in [0.2, 0.25) is 0 Å². The standard InChI is InChI=1S/C16H23FO2/c1-2-19-16(13-6-4-3-5-7-13)15(18)12-8-10-14(17)11-9-12/h8-11,13,15-16,18H,2-7H2,1H3. The van der Waals surface area contributed by atoms with Gasteiger partial charge in [-0.25, -0.2) is 4.39 Å². The lowest BCUT2D eigenvalue weighted by Gasteiger charge is -2.33. The number of aliphatic hydroxyl groups is 1. The van der Waals surface area contributed by atoms with Gasteiger partial charge in [0.15, 0.2) is 0 Å². The van der Waals surface area contributed by atoms with Gasteiger partial charge in [-0.2, -0.15) is 0 Å². The van der Waals surface area contributed by atoms with Gasteiger partial charge in [0.25, 0.3) is 0 Å². The van der Waals surface area contributed by atoms with E-state index in [4.69, 9.17) is 4.74 Å². The molecule has 0 aliphatic heterocycles. The Labute approximate surface area is 114 Å². The molecule has 1 N–H and O–H groups in total. The van der Waals surface area contributed by atoms with Gasteiger partial charge in [0.1, 0.15) is 11.9 Å². The highest BCUT2D eigenvalue weighted by Gasteiger charge is 2.30. The highest BCUT2D eigenvalue weighted by Crippen LogP contribution is 2.34. The summed E-state index contributed by atoms with van der Waals surface area (Å²) in [6.45, 7) is 2.55. The average Bonchev–Trinajstić information content (AvgIpc) is 2.46. The van der Waals surface area contributed by atoms with Crippen molar-refractivity contribution in [2.75, 3.05) is 6.61 Å². The molecule has 0 amide bonds. The molecule has 1 aliphatic rings. The summed E-state index contributed by atoms with van der Waals surface area (Å²) in [5, 5.41) is 10.5. The number of aliphatic hydroxyl groups excluding tert-OH is 1. The summed E-state index contributed by atoms with van der Waals surface area (Å²) in [7, 11) is 0. The lowest BCUT2D eigenvalue weighted by atomic mass is 9.82. The first kappa shape index (κ1) is 14.5. The maximum Gasteiger partial charge on any atom is 0.123 e. The van der Waals surface area contributed by atoms with Crippen LogP contribution in [-0.2, 0) is 4.74 Å². The van der Waals surface area contributed by atoms with Gasteiger partial charge in [-0.1, -0.05) is 31.4 Å². The quantitative estimate of drug-likeness (QED) is 0.877. The molecule has 0 bridgehead atoms. The Kier molecular flexibility index (Phi) is 5.34. The zero-order valence-electron chi connectivity index (χ0n) is 11.5. The molecule has 19 heavy (non-hydrogen) atoms. The van der Waals surface area contributed by atoms with Gasteiger partial charge in [0, 0.05) is 6.61 Å². The van der Waals surface area contributed by atoms with Crippen LogP contribution in [0.1, 0.15) is 50.7 Å². The Morgan fingerprint density at radius 1 is 1.21 bits per heavy atom. The SMILES string of the molecule is CCOC(C1CCCCC1)C(O)c1ccc(F)cc1. The predicted molar refractivity (Wildman–Crippen MR) is 73.3 cm³/mol. The molecule has 1 aliphatic carbocycles. The van der Waals surface area contributed by atoms with E-state index in [9.17, 15) is 9.50 Å². The lowest BCUT2D eigenvalue weighted by Crippen LogP contribution is -2.32. The molecule has 106 valence electrons. The second-order valence-corrected chi connectivity index (χ2v) is 5.31. The van der Waals surface area contributed by atoms with Crippen molar-refractivity contribution in [3.63, 3.8) is 0 Å². The van der Waals surface area contributed by atoms with Crippen LogP contribution in [0.25, 0.3) is 0 Å². The van der Waals surface area contributed by atoms with E-state index in [0.29, 0.717) is 12.5 Å². The highest BCUT2D eigenvalue weighted by molar-refractivity contribution is 5.19. The van der Waals surface area contributed by atoms with Crippen molar-refractivity contribution < 1.29 is 14.2 Å². The van der Waals surface area contributed by atoms with Crippen LogP contribution < -0.4 is 0 Å². The summed E-state index contributed by atoms with van der Waals surface area (Å²) in [6, 6.07) is 6.08. The molecule has 1 fully saturated rings. The third-order valence-corrected chi connectivity index (χ3v) is 4.00. The summed E-state index contributed by atoms with van der Waals surface area (Å²) in [4.78, 5) is 0. The Hall–Kier alpha value is -0.930. The zero-order chi connectivity index (χ0) is 13.7. The minimum Gasteiger partial charge on any atom is -0.386 e. The fraction of sp³-hybridized carbons (Fsp3) is 0.625. The number of ether oxygens (including phenoxy) is 1. The summed E-state index contributed by atoms with van der Waals surface area (Å²) < 4.78 is 18.7. The molecular formula is C16H23FO2. The molecule has 3 heteroatoms. The van der Waals surface area contributed by atoms with E-state index < -0.39 is 6.10 Å². The minimum absolute atomic E-state index is 0.171. The number of hydrogen-bond acceptors (Lipinski definition) is 2. The van der Waals surface area contributed by atoms with Crippen LogP contribution in [0.3, 0.4) is 0 Å². The van der Waals surface area contributed by atoms with Crippen molar-refractivity contribution in [1.82, 2.24) is 0 Å². The third-order valence-electron chi connectivity index (χ3n) is 4.00. The second-order valence-electron chi connectivity index (χ2n) is 5.31. The molecule has 0 heterocycles. The van der Waals surface area contributed by atoms with E-state index in [1.54, 1.807) is 12.1 Å². The number of rotatable bonds is 5. The van der Waals surface area contributed by atoms with Crippen molar-refractivity contribution in [2.45, 2.75) is 51.2 Å². The Balaban J connectivity index is 2.10. The number of hydrogen-bond donors (Lipinski definition) is 1. The first-order valence-electron chi connectivity index (χ1n) is 7.27. The van der Waals surface area contributed by atoms with Gasteiger partial charge >= 0.3 is 0 Å². The van der Waals surface area contributed by atoms with Crippen molar-refractivity contribution in [2.24, 2.45) is 5.92 Å². The molecule has 1 aromatic rings. The van der Waals surface area contributed by atoms with E-state index in [1.165, 1.54) is 31.4 Å². The first-order valence-corrected chi connectivity index (χ1v) is 7.27. The Morgan fingerprint density at radius 2 is 1.84 bits per heavy atom. The maximum atomic E-state index is 12.9. The third kappa shape index (κ3) is 3.77. The Bertz CT molecular complexity index is 371. The zero-order valence-corrected chi connectivity index (χ0v) is 11.5. The van der Waals surface area contributed by atoms with Crippen LogP contribution in [0.4, 0.5) is 4.39 Å². The van der Waals surface area contributed by atoms with Gasteiger partial charge in [0.05, 0.1) is 6.10 Å². The molecule has 2 atom stereocenters. The number of halogens is 1. The van der Waals surface area contributed by atoms with Gasteiger partial charge in [-0.3, -0.25) is 0 Å². The summed E-state index contributed by atoms with van der Waals surface area (Å²) in [5.41, 5.74) is 0.741. The molecule has 1 aromatic carbocycles. The van der Waals surface area contributed by atoms with Crippen LogP contribution >= 0.6 is 0 Å². The summed E-state index contributed by atoms with van der Waals surface area (Å²) in [6.07, 6.45) is 5.10. The molecule has 2 unspecified atom stereocenters. The number of benzene rings is 1. The van der Waals surface area contributed by atoms with Gasteiger partial charge in [-0.15, -0.1) is 0 Å². The summed E-state index contributed by atoms with van der Waals surface area (Å²) >= 11 is 0. The van der Waals surface area contributed by atoms with Crippen molar-refractivity contribution in [1.29, 1.82) is 0 Å². The van der Waals surface area contributed by atoms with Crippen molar-refractivity contribution in [3.05, 3.63) is 35.6 Å². The molecule has 0 spiro atoms. The Morgan fingerprint density at radius 3 is 2.42 bits per heavy atom. The van der Waals surface area contributed by atoms with Crippen LogP contribution in [0.15, 0.2) is 24.3 Å². The molecular weight excluding hydrogens is 243 g/mol. The fourth-order valence-corrected chi connectivity index (χ4v) is 2.99. The van der Waals surface area contributed by atoms with Gasteiger partial charge < -0.3 is 9.84 Å². The topological polar surface area (TPSA) is 29.5 Å². The molecule has 0 aromatic heterocycles. The van der Waals surface area contributed by atoms with Crippen LogP contribution in [-0.4, -0.2) is 17.8 Å². The van der Waals surface area contributed by atoms with E-state index in [0.717, 1.165) is 18.4 Å². The summed E-state index contributed by atoms with van der Waals surface area (Å²) in [5.74, 6) is 0.135. The van der Waals surface area contributed by atoms with Crippen molar-refractivity contribution >= 4 is 0 Å². The van der Waals surface area contributed by atoms with E-state index in [1.807, 2.05) is 6.92 Å². The predicted octanol–water partition coefficient (Wildman–Crippen LogP) is 3.84. The van der Waals surface area contributed by atoms with E-state index in [2.05, 4.69) is 0 Å². The van der Waals surface area contributed by atoms with Gasteiger partial charge in [0.2, 0.25) is 0 Å². The average molecular weight is 266 g/mol. The van der Waals surface area contributed by atoms with Crippen LogP contribution in [0, 0.1) is 11.7 Å². The highest BCUT2D eigenvalue weighted by atomic mass is 19.1. The van der Waals surface area contributed by atoms with Crippen molar-refractivity contribution in [3.8, 4) is 0 Å². The second kappa shape index (κ2) is 7.01. The molecule has 2 nitrogen and oxygen atoms in total. The smallest absolute Gasteiger partial charge is 0.123 e. The van der Waals surface area contributed by atoms with E-state index in [-0.39, 0.29) is 11.9 Å². The monoisotopic (exact) mass is 266 g/mol. The largest absolute Gasteiger partial charge is 0.386 e. The molecule has 2 rings (SSSR count). The normalized spacial score (nSPS) is 20.2. The minimum atomic E-state index is -0.663. The molecule has 0 saturated heterocycles. The molecule has 1 saturated carbocycles.